The number of nitrogens with one attached hydrogen (secondary N) is 2. The van der Waals surface area contributed by atoms with Crippen LogP contribution in [0, 0.1) is 11.7 Å². The minimum absolute atomic E-state index is 0. The van der Waals surface area contributed by atoms with Crippen LogP contribution in [0.2, 0.25) is 0 Å². The molecular weight excluding hydrogens is 368 g/mol. The molecule has 0 spiro atoms. The van der Waals surface area contributed by atoms with Crippen LogP contribution in [-0.2, 0) is 11.3 Å². The second kappa shape index (κ2) is 10.2. The minimum atomic E-state index is -0.317. The number of ether oxygens (including phenoxy) is 1. The first-order valence-corrected chi connectivity index (χ1v) is 7.57. The van der Waals surface area contributed by atoms with E-state index in [0.29, 0.717) is 18.2 Å². The van der Waals surface area contributed by atoms with Gasteiger partial charge < -0.3 is 15.4 Å². The van der Waals surface area contributed by atoms with Crippen molar-refractivity contribution in [2.75, 3.05) is 13.1 Å². The predicted molar refractivity (Wildman–Crippen MR) is 98.0 cm³/mol. The van der Waals surface area contributed by atoms with Crippen molar-refractivity contribution in [2.24, 2.45) is 5.92 Å². The lowest BCUT2D eigenvalue weighted by molar-refractivity contribution is -0.124. The third-order valence-electron chi connectivity index (χ3n) is 3.73. The maximum absolute atomic E-state index is 12.9. The Morgan fingerprint density at radius 3 is 2.72 bits per heavy atom. The Kier molecular flexibility index (Phi) is 8.61. The number of hydrogen-bond donors (Lipinski definition) is 2. The fraction of sp³-hybridized carbons (Fsp3) is 0.294. The van der Waals surface area contributed by atoms with Crippen molar-refractivity contribution in [3.05, 3.63) is 54.0 Å². The summed E-state index contributed by atoms with van der Waals surface area (Å²) in [5, 5.41) is 6.10. The molecule has 2 N–H and O–H groups in total. The van der Waals surface area contributed by atoms with Crippen LogP contribution in [0.4, 0.5) is 4.39 Å². The molecule has 8 heteroatoms. The molecule has 5 nitrogen and oxygen atoms in total. The van der Waals surface area contributed by atoms with Crippen molar-refractivity contribution in [2.45, 2.75) is 13.0 Å². The van der Waals surface area contributed by atoms with E-state index in [1.165, 1.54) is 12.1 Å². The average molecular weight is 388 g/mol. The van der Waals surface area contributed by atoms with Gasteiger partial charge in [0.2, 0.25) is 11.8 Å². The van der Waals surface area contributed by atoms with Gasteiger partial charge in [-0.15, -0.1) is 24.8 Å². The molecule has 136 valence electrons. The number of aromatic nitrogens is 1. The molecule has 1 fully saturated rings. The number of carbonyl (C=O) groups is 1. The fourth-order valence-corrected chi connectivity index (χ4v) is 2.45. The number of hydrogen-bond acceptors (Lipinski definition) is 4. The first-order valence-electron chi connectivity index (χ1n) is 7.57. The van der Waals surface area contributed by atoms with E-state index >= 15 is 0 Å². The topological polar surface area (TPSA) is 63.2 Å². The quantitative estimate of drug-likeness (QED) is 0.827. The summed E-state index contributed by atoms with van der Waals surface area (Å²) in [6.45, 7) is 2.06. The van der Waals surface area contributed by atoms with Crippen LogP contribution in [0.3, 0.4) is 0 Å². The van der Waals surface area contributed by atoms with Gasteiger partial charge in [-0.2, -0.15) is 0 Å². The second-order valence-corrected chi connectivity index (χ2v) is 5.47. The standard InChI is InChI=1S/C17H18FN3O2.2ClH/c18-14-1-3-15(4-2-14)23-16-9-12(5-8-20-16)10-21-17(22)13-6-7-19-11-13;;/h1-5,8-9,13,19H,6-7,10-11H2,(H,21,22);2*1H. The Hall–Kier alpha value is -1.89. The largest absolute Gasteiger partial charge is 0.439 e. The van der Waals surface area contributed by atoms with E-state index in [2.05, 4.69) is 15.6 Å². The Morgan fingerprint density at radius 2 is 2.04 bits per heavy atom. The first kappa shape index (κ1) is 21.2. The van der Waals surface area contributed by atoms with Gasteiger partial charge >= 0.3 is 0 Å². The smallest absolute Gasteiger partial charge is 0.224 e. The van der Waals surface area contributed by atoms with Crippen molar-refractivity contribution in [1.82, 2.24) is 15.6 Å². The van der Waals surface area contributed by atoms with Crippen molar-refractivity contribution < 1.29 is 13.9 Å². The molecule has 1 unspecified atom stereocenters. The van der Waals surface area contributed by atoms with Crippen LogP contribution < -0.4 is 15.4 Å². The van der Waals surface area contributed by atoms with Gasteiger partial charge in [-0.05, 0) is 48.9 Å². The molecule has 1 aromatic heterocycles. The van der Waals surface area contributed by atoms with Crippen molar-refractivity contribution in [3.8, 4) is 11.6 Å². The molecule has 0 aliphatic carbocycles. The summed E-state index contributed by atoms with van der Waals surface area (Å²) in [5.41, 5.74) is 0.899. The lowest BCUT2D eigenvalue weighted by atomic mass is 10.1. The number of carbonyl (C=O) groups excluding carboxylic acids is 1. The molecule has 0 saturated carbocycles. The van der Waals surface area contributed by atoms with Gasteiger partial charge in [0.1, 0.15) is 11.6 Å². The predicted octanol–water partition coefficient (Wildman–Crippen LogP) is 3.08. The molecule has 25 heavy (non-hydrogen) atoms. The molecular formula is C17H20Cl2FN3O2. The van der Waals surface area contributed by atoms with Crippen molar-refractivity contribution in [3.63, 3.8) is 0 Å². The summed E-state index contributed by atoms with van der Waals surface area (Å²) < 4.78 is 18.5. The normalized spacial score (nSPS) is 15.6. The molecule has 3 rings (SSSR count). The highest BCUT2D eigenvalue weighted by atomic mass is 35.5. The average Bonchev–Trinajstić information content (AvgIpc) is 3.10. The second-order valence-electron chi connectivity index (χ2n) is 5.47. The summed E-state index contributed by atoms with van der Waals surface area (Å²) in [6, 6.07) is 9.32. The number of rotatable bonds is 5. The first-order chi connectivity index (χ1) is 11.2. The van der Waals surface area contributed by atoms with Gasteiger partial charge in [0.25, 0.3) is 0 Å². The third kappa shape index (κ3) is 6.16. The molecule has 1 aliphatic rings. The van der Waals surface area contributed by atoms with Gasteiger partial charge in [-0.1, -0.05) is 0 Å². The fourth-order valence-electron chi connectivity index (χ4n) is 2.45. The summed E-state index contributed by atoms with van der Waals surface area (Å²) in [4.78, 5) is 16.1. The highest BCUT2D eigenvalue weighted by molar-refractivity contribution is 5.85. The van der Waals surface area contributed by atoms with Gasteiger partial charge in [-0.3, -0.25) is 4.79 Å². The van der Waals surface area contributed by atoms with E-state index in [1.54, 1.807) is 24.4 Å². The van der Waals surface area contributed by atoms with E-state index in [1.807, 2.05) is 6.07 Å². The molecule has 1 amide bonds. The molecule has 1 saturated heterocycles. The number of halogens is 3. The van der Waals surface area contributed by atoms with E-state index in [9.17, 15) is 9.18 Å². The van der Waals surface area contributed by atoms with E-state index < -0.39 is 0 Å². The van der Waals surface area contributed by atoms with E-state index in [-0.39, 0.29) is 42.5 Å². The summed E-state index contributed by atoms with van der Waals surface area (Å²) >= 11 is 0. The zero-order chi connectivity index (χ0) is 16.1. The summed E-state index contributed by atoms with van der Waals surface area (Å²) in [7, 11) is 0. The Labute approximate surface area is 158 Å². The van der Waals surface area contributed by atoms with E-state index in [4.69, 9.17) is 4.74 Å². The van der Waals surface area contributed by atoms with Gasteiger partial charge in [0.05, 0.1) is 5.92 Å². The zero-order valence-corrected chi connectivity index (χ0v) is 15.0. The Bertz CT molecular complexity index is 680. The molecule has 2 heterocycles. The molecule has 1 atom stereocenters. The molecule has 2 aromatic rings. The Balaban J connectivity index is 0.00000156. The summed E-state index contributed by atoms with van der Waals surface area (Å²) in [6.07, 6.45) is 2.50. The highest BCUT2D eigenvalue weighted by Crippen LogP contribution is 2.20. The van der Waals surface area contributed by atoms with Crippen LogP contribution in [0.1, 0.15) is 12.0 Å². The summed E-state index contributed by atoms with van der Waals surface area (Å²) in [5.74, 6) is 0.714. The molecule has 0 bridgehead atoms. The highest BCUT2D eigenvalue weighted by Gasteiger charge is 2.21. The van der Waals surface area contributed by atoms with E-state index in [0.717, 1.165) is 25.1 Å². The molecule has 1 aliphatic heterocycles. The van der Waals surface area contributed by atoms with Gasteiger partial charge in [0.15, 0.2) is 0 Å². The van der Waals surface area contributed by atoms with Crippen LogP contribution in [0.15, 0.2) is 42.6 Å². The van der Waals surface area contributed by atoms with Gasteiger partial charge in [0, 0.05) is 25.4 Å². The maximum Gasteiger partial charge on any atom is 0.224 e. The minimum Gasteiger partial charge on any atom is -0.439 e. The van der Waals surface area contributed by atoms with Crippen molar-refractivity contribution >= 4 is 30.7 Å². The number of nitrogens with zero attached hydrogens (tertiary/aromatic N) is 1. The number of pyridine rings is 1. The number of benzene rings is 1. The Morgan fingerprint density at radius 1 is 1.28 bits per heavy atom. The monoisotopic (exact) mass is 387 g/mol. The van der Waals surface area contributed by atoms with Crippen LogP contribution >= 0.6 is 24.8 Å². The zero-order valence-electron chi connectivity index (χ0n) is 13.4. The SMILES string of the molecule is Cl.Cl.O=C(NCc1ccnc(Oc2ccc(F)cc2)c1)C1CCNC1. The molecule has 0 radical (unpaired) electrons. The van der Waals surface area contributed by atoms with Crippen molar-refractivity contribution in [1.29, 1.82) is 0 Å². The van der Waals surface area contributed by atoms with Crippen LogP contribution in [-0.4, -0.2) is 24.0 Å². The van der Waals surface area contributed by atoms with Crippen LogP contribution in [0.5, 0.6) is 11.6 Å². The lowest BCUT2D eigenvalue weighted by Crippen LogP contribution is -2.31. The number of amides is 1. The van der Waals surface area contributed by atoms with Gasteiger partial charge in [-0.25, -0.2) is 9.37 Å². The molecule has 1 aromatic carbocycles. The lowest BCUT2D eigenvalue weighted by Gasteiger charge is -2.10. The van der Waals surface area contributed by atoms with Crippen LogP contribution in [0.25, 0.3) is 0 Å². The third-order valence-corrected chi connectivity index (χ3v) is 3.73. The maximum atomic E-state index is 12.9.